The molecule has 8 nitrogen and oxygen atoms in total. The molecule has 1 saturated carbocycles. The number of aliphatic hydroxyl groups excluding tert-OH is 1. The van der Waals surface area contributed by atoms with Gasteiger partial charge in [-0.05, 0) is 63.1 Å². The highest BCUT2D eigenvalue weighted by Gasteiger charge is 2.26. The summed E-state index contributed by atoms with van der Waals surface area (Å²) >= 11 is 0. The van der Waals surface area contributed by atoms with Gasteiger partial charge in [0.2, 0.25) is 5.91 Å². The van der Waals surface area contributed by atoms with E-state index < -0.39 is 17.6 Å². The first-order valence-electron chi connectivity index (χ1n) is 9.59. The number of amides is 2. The number of rotatable bonds is 6. The minimum absolute atomic E-state index is 0.238. The number of carbonyl (C=O) groups excluding carboxylic acids is 2. The average Bonchev–Trinajstić information content (AvgIpc) is 3.02. The van der Waals surface area contributed by atoms with Gasteiger partial charge in [0.05, 0.1) is 11.6 Å². The van der Waals surface area contributed by atoms with E-state index in [0.717, 1.165) is 31.1 Å². The summed E-state index contributed by atoms with van der Waals surface area (Å²) in [6, 6.07) is 3.86. The molecule has 28 heavy (non-hydrogen) atoms. The lowest BCUT2D eigenvalue weighted by Gasteiger charge is -2.27. The lowest BCUT2D eigenvalue weighted by Crippen LogP contribution is -2.34. The molecule has 1 fully saturated rings. The maximum atomic E-state index is 12.0. The second-order valence-corrected chi connectivity index (χ2v) is 8.26. The lowest BCUT2D eigenvalue weighted by atomic mass is 9.87. The van der Waals surface area contributed by atoms with Crippen molar-refractivity contribution in [1.29, 1.82) is 0 Å². The van der Waals surface area contributed by atoms with Crippen molar-refractivity contribution in [2.75, 3.05) is 6.61 Å². The Kier molecular flexibility index (Phi) is 5.60. The minimum atomic E-state index is -0.873. The third kappa shape index (κ3) is 4.44. The molecule has 0 radical (unpaired) electrons. The smallest absolute Gasteiger partial charge is 0.405 e. The van der Waals surface area contributed by atoms with E-state index >= 15 is 0 Å². The summed E-state index contributed by atoms with van der Waals surface area (Å²) in [6.45, 7) is 3.70. The molecule has 2 amide bonds. The van der Waals surface area contributed by atoms with Crippen LogP contribution in [0.4, 0.5) is 4.79 Å². The molecular formula is C20H28N4O4. The van der Waals surface area contributed by atoms with Crippen molar-refractivity contribution in [3.63, 3.8) is 0 Å². The number of aromatic nitrogens is 2. The largest absolute Gasteiger partial charge is 0.443 e. The van der Waals surface area contributed by atoms with E-state index in [4.69, 9.17) is 16.2 Å². The van der Waals surface area contributed by atoms with Gasteiger partial charge in [-0.25, -0.2) is 4.79 Å². The van der Waals surface area contributed by atoms with Crippen LogP contribution in [-0.2, 0) is 11.2 Å². The lowest BCUT2D eigenvalue weighted by molar-refractivity contribution is 0.0459. The van der Waals surface area contributed by atoms with Crippen LogP contribution in [-0.4, -0.2) is 39.1 Å². The van der Waals surface area contributed by atoms with Crippen molar-refractivity contribution in [2.45, 2.75) is 57.6 Å². The maximum Gasteiger partial charge on any atom is 0.405 e. The Morgan fingerprint density at radius 2 is 1.93 bits per heavy atom. The second kappa shape index (κ2) is 7.79. The molecule has 5 N–H and O–H groups in total. The van der Waals surface area contributed by atoms with E-state index in [1.165, 1.54) is 0 Å². The third-order valence-corrected chi connectivity index (χ3v) is 5.45. The van der Waals surface area contributed by atoms with Gasteiger partial charge in [0.15, 0.2) is 0 Å². The van der Waals surface area contributed by atoms with Crippen LogP contribution in [0.3, 0.4) is 0 Å². The summed E-state index contributed by atoms with van der Waals surface area (Å²) in [5.41, 5.74) is 11.6. The van der Waals surface area contributed by atoms with Gasteiger partial charge >= 0.3 is 6.09 Å². The SMILES string of the molecule is CC(C)(Cc1cc2cn(C3CCC(CO)CC3)nc2cc1C(N)=O)OC(N)=O. The van der Waals surface area contributed by atoms with Gasteiger partial charge in [-0.2, -0.15) is 5.10 Å². The molecule has 3 rings (SSSR count). The number of carbonyl (C=O) groups is 2. The molecule has 152 valence electrons. The highest BCUT2D eigenvalue weighted by molar-refractivity contribution is 5.98. The number of aliphatic hydroxyl groups is 1. The topological polar surface area (TPSA) is 133 Å². The zero-order chi connectivity index (χ0) is 20.5. The monoisotopic (exact) mass is 388 g/mol. The Balaban J connectivity index is 1.91. The summed E-state index contributed by atoms with van der Waals surface area (Å²) in [5.74, 6) is -0.174. The van der Waals surface area contributed by atoms with Gasteiger partial charge < -0.3 is 21.3 Å². The Morgan fingerprint density at radius 3 is 2.50 bits per heavy atom. The fourth-order valence-electron chi connectivity index (χ4n) is 4.06. The summed E-state index contributed by atoms with van der Waals surface area (Å²) in [6.07, 6.45) is 5.31. The van der Waals surface area contributed by atoms with Gasteiger partial charge in [-0.15, -0.1) is 0 Å². The number of nitrogens with two attached hydrogens (primary N) is 2. The first kappa shape index (κ1) is 20.1. The molecule has 0 spiro atoms. The van der Waals surface area contributed by atoms with E-state index in [1.54, 1.807) is 19.9 Å². The first-order valence-corrected chi connectivity index (χ1v) is 9.59. The number of hydrogen-bond acceptors (Lipinski definition) is 5. The predicted molar refractivity (Wildman–Crippen MR) is 105 cm³/mol. The van der Waals surface area contributed by atoms with Crippen LogP contribution in [0, 0.1) is 5.92 Å². The van der Waals surface area contributed by atoms with Gasteiger partial charge in [-0.3, -0.25) is 9.48 Å². The van der Waals surface area contributed by atoms with E-state index in [9.17, 15) is 14.7 Å². The average molecular weight is 388 g/mol. The van der Waals surface area contributed by atoms with Crippen molar-refractivity contribution >= 4 is 22.9 Å². The second-order valence-electron chi connectivity index (χ2n) is 8.26. The molecular weight excluding hydrogens is 360 g/mol. The molecule has 0 aliphatic heterocycles. The highest BCUT2D eigenvalue weighted by Crippen LogP contribution is 2.33. The van der Waals surface area contributed by atoms with Gasteiger partial charge in [0.1, 0.15) is 5.60 Å². The Bertz CT molecular complexity index is 882. The molecule has 1 aromatic carbocycles. The number of nitrogens with zero attached hydrogens (tertiary/aromatic N) is 2. The van der Waals surface area contributed by atoms with Crippen molar-refractivity contribution in [3.8, 4) is 0 Å². The maximum absolute atomic E-state index is 12.0. The van der Waals surface area contributed by atoms with E-state index in [1.807, 2.05) is 16.9 Å². The first-order chi connectivity index (χ1) is 13.2. The van der Waals surface area contributed by atoms with Crippen molar-refractivity contribution in [1.82, 2.24) is 9.78 Å². The molecule has 8 heteroatoms. The predicted octanol–water partition coefficient (Wildman–Crippen LogP) is 2.28. The van der Waals surface area contributed by atoms with Crippen molar-refractivity contribution < 1.29 is 19.4 Å². The summed E-state index contributed by atoms with van der Waals surface area (Å²) in [7, 11) is 0. The quantitative estimate of drug-likeness (QED) is 0.698. The minimum Gasteiger partial charge on any atom is -0.443 e. The summed E-state index contributed by atoms with van der Waals surface area (Å²) < 4.78 is 7.11. The summed E-state index contributed by atoms with van der Waals surface area (Å²) in [5, 5.41) is 14.9. The van der Waals surface area contributed by atoms with Crippen LogP contribution in [0.15, 0.2) is 18.3 Å². The van der Waals surface area contributed by atoms with Gasteiger partial charge in [0, 0.05) is 30.2 Å². The van der Waals surface area contributed by atoms with E-state index in [-0.39, 0.29) is 12.6 Å². The Hall–Kier alpha value is -2.61. The fraction of sp³-hybridized carbons (Fsp3) is 0.550. The molecule has 1 aliphatic rings. The molecule has 1 heterocycles. The molecule has 0 bridgehead atoms. The molecule has 0 unspecified atom stereocenters. The van der Waals surface area contributed by atoms with Crippen molar-refractivity contribution in [2.24, 2.45) is 17.4 Å². The van der Waals surface area contributed by atoms with E-state index in [0.29, 0.717) is 29.0 Å². The van der Waals surface area contributed by atoms with Crippen LogP contribution in [0.5, 0.6) is 0 Å². The third-order valence-electron chi connectivity index (χ3n) is 5.45. The molecule has 1 aliphatic carbocycles. The van der Waals surface area contributed by atoms with Crippen LogP contribution in [0.25, 0.3) is 10.9 Å². The van der Waals surface area contributed by atoms with Crippen LogP contribution in [0.2, 0.25) is 0 Å². The van der Waals surface area contributed by atoms with Crippen LogP contribution in [0.1, 0.15) is 61.5 Å². The zero-order valence-corrected chi connectivity index (χ0v) is 16.4. The van der Waals surface area contributed by atoms with Crippen LogP contribution < -0.4 is 11.5 Å². The number of fused-ring (bicyclic) bond motifs is 1. The number of ether oxygens (including phenoxy) is 1. The molecule has 0 atom stereocenters. The van der Waals surface area contributed by atoms with E-state index in [2.05, 4.69) is 5.10 Å². The number of hydrogen-bond donors (Lipinski definition) is 3. The van der Waals surface area contributed by atoms with Crippen molar-refractivity contribution in [3.05, 3.63) is 29.5 Å². The molecule has 0 saturated heterocycles. The summed E-state index contributed by atoms with van der Waals surface area (Å²) in [4.78, 5) is 23.1. The highest BCUT2D eigenvalue weighted by atomic mass is 16.6. The van der Waals surface area contributed by atoms with Gasteiger partial charge in [-0.1, -0.05) is 0 Å². The normalized spacial score (nSPS) is 20.2. The molecule has 2 aromatic rings. The van der Waals surface area contributed by atoms with Gasteiger partial charge in [0.25, 0.3) is 0 Å². The number of benzene rings is 1. The number of primary amides is 2. The molecule has 1 aromatic heterocycles. The standard InChI is InChI=1S/C20H28N4O4/c1-20(2,28-19(22)27)9-13-7-14-10-24(15-5-3-12(11-25)4-6-15)23-17(14)8-16(13)18(21)26/h7-8,10,12,15,25H,3-6,9,11H2,1-2H3,(H2,21,26)(H2,22,27). The fourth-order valence-corrected chi connectivity index (χ4v) is 4.06. The Morgan fingerprint density at radius 1 is 1.25 bits per heavy atom. The Labute approximate surface area is 163 Å². The zero-order valence-electron chi connectivity index (χ0n) is 16.4. The van der Waals surface area contributed by atoms with Crippen LogP contribution >= 0.6 is 0 Å².